The summed E-state index contributed by atoms with van der Waals surface area (Å²) >= 11 is 0. The van der Waals surface area contributed by atoms with Crippen LogP contribution in [0.5, 0.6) is 5.75 Å². The molecule has 94 valence electrons. The van der Waals surface area contributed by atoms with Gasteiger partial charge in [-0.15, -0.1) is 0 Å². The van der Waals surface area contributed by atoms with Gasteiger partial charge in [0.15, 0.2) is 0 Å². The Morgan fingerprint density at radius 2 is 1.67 bits per heavy atom. The van der Waals surface area contributed by atoms with E-state index in [2.05, 4.69) is 0 Å². The van der Waals surface area contributed by atoms with Crippen molar-refractivity contribution in [3.63, 3.8) is 0 Å². The second kappa shape index (κ2) is 6.84. The first-order chi connectivity index (χ1) is 8.25. The summed E-state index contributed by atoms with van der Waals surface area (Å²) in [7, 11) is -1.46. The van der Waals surface area contributed by atoms with E-state index in [4.69, 9.17) is 14.8 Å². The maximum Gasteiger partial charge on any atom is 0.488 e. The van der Waals surface area contributed by atoms with E-state index in [0.717, 1.165) is 5.56 Å². The van der Waals surface area contributed by atoms with Crippen LogP contribution in [0.15, 0.2) is 54.6 Å². The second-order valence-electron chi connectivity index (χ2n) is 3.72. The minimum atomic E-state index is -1.46. The Bertz CT molecular complexity index is 471. The molecule has 3 nitrogen and oxygen atoms in total. The van der Waals surface area contributed by atoms with Gasteiger partial charge in [0.2, 0.25) is 0 Å². The van der Waals surface area contributed by atoms with Gasteiger partial charge in [0, 0.05) is 0 Å². The van der Waals surface area contributed by atoms with Crippen LogP contribution in [0.3, 0.4) is 0 Å². The van der Waals surface area contributed by atoms with Gasteiger partial charge in [0.1, 0.15) is 12.4 Å². The molecule has 2 rings (SSSR count). The zero-order chi connectivity index (χ0) is 12.1. The van der Waals surface area contributed by atoms with Crippen molar-refractivity contribution in [1.82, 2.24) is 0 Å². The molecular formula is C14H17BO3. The molecule has 2 N–H and O–H groups in total. The van der Waals surface area contributed by atoms with E-state index in [1.54, 1.807) is 24.3 Å². The lowest BCUT2D eigenvalue weighted by Gasteiger charge is -2.07. The summed E-state index contributed by atoms with van der Waals surface area (Å²) in [6, 6.07) is 16.6. The molecule has 0 fully saturated rings. The molecule has 0 amide bonds. The SMILES string of the molecule is C.OB(O)c1cccc(OCc2ccccc2)c1. The van der Waals surface area contributed by atoms with Crippen molar-refractivity contribution >= 4 is 12.6 Å². The third-order valence-electron chi connectivity index (χ3n) is 2.40. The van der Waals surface area contributed by atoms with Crippen LogP contribution in [0.2, 0.25) is 0 Å². The van der Waals surface area contributed by atoms with Crippen molar-refractivity contribution in [3.05, 3.63) is 60.2 Å². The quantitative estimate of drug-likeness (QED) is 0.803. The monoisotopic (exact) mass is 244 g/mol. The summed E-state index contributed by atoms with van der Waals surface area (Å²) in [6.07, 6.45) is 0. The molecule has 2 aromatic rings. The summed E-state index contributed by atoms with van der Waals surface area (Å²) in [4.78, 5) is 0. The fourth-order valence-corrected chi connectivity index (χ4v) is 1.51. The molecule has 0 aromatic heterocycles. The number of rotatable bonds is 4. The van der Waals surface area contributed by atoms with E-state index in [9.17, 15) is 0 Å². The molecule has 0 radical (unpaired) electrons. The minimum absolute atomic E-state index is 0. The lowest BCUT2D eigenvalue weighted by Crippen LogP contribution is -2.29. The van der Waals surface area contributed by atoms with E-state index in [0.29, 0.717) is 17.8 Å². The maximum absolute atomic E-state index is 9.03. The Morgan fingerprint density at radius 1 is 0.944 bits per heavy atom. The molecule has 4 heteroatoms. The molecule has 0 aliphatic rings. The molecule has 0 spiro atoms. The Balaban J connectivity index is 0.00000162. The topological polar surface area (TPSA) is 49.7 Å². The predicted octanol–water partition coefficient (Wildman–Crippen LogP) is 1.58. The van der Waals surface area contributed by atoms with Crippen LogP contribution in [0.1, 0.15) is 13.0 Å². The zero-order valence-electron chi connectivity index (χ0n) is 9.28. The highest BCUT2D eigenvalue weighted by atomic mass is 16.5. The number of benzene rings is 2. The largest absolute Gasteiger partial charge is 0.489 e. The average molecular weight is 244 g/mol. The second-order valence-corrected chi connectivity index (χ2v) is 3.72. The standard InChI is InChI=1S/C13H13BO3.CH4/c15-14(16)12-7-4-8-13(9-12)17-10-11-5-2-1-3-6-11;/h1-9,15-16H,10H2;1H4. The van der Waals surface area contributed by atoms with Crippen molar-refractivity contribution < 1.29 is 14.8 Å². The predicted molar refractivity (Wildman–Crippen MR) is 73.8 cm³/mol. The smallest absolute Gasteiger partial charge is 0.488 e. The summed E-state index contributed by atoms with van der Waals surface area (Å²) in [6.45, 7) is 0.464. The molecule has 0 atom stereocenters. The maximum atomic E-state index is 9.03. The first-order valence-corrected chi connectivity index (χ1v) is 5.38. The third kappa shape index (κ3) is 3.91. The Hall–Kier alpha value is -1.78. The van der Waals surface area contributed by atoms with Crippen LogP contribution in [0, 0.1) is 0 Å². The Labute approximate surface area is 108 Å². The fourth-order valence-electron chi connectivity index (χ4n) is 1.51. The van der Waals surface area contributed by atoms with Crippen molar-refractivity contribution in [2.45, 2.75) is 14.0 Å². The van der Waals surface area contributed by atoms with Crippen LogP contribution >= 0.6 is 0 Å². The van der Waals surface area contributed by atoms with Crippen molar-refractivity contribution in [2.75, 3.05) is 0 Å². The van der Waals surface area contributed by atoms with Crippen LogP contribution < -0.4 is 10.2 Å². The first kappa shape index (κ1) is 14.3. The van der Waals surface area contributed by atoms with Gasteiger partial charge in [-0.2, -0.15) is 0 Å². The molecule has 0 saturated heterocycles. The van der Waals surface area contributed by atoms with Gasteiger partial charge in [-0.1, -0.05) is 49.9 Å². The normalized spacial score (nSPS) is 9.44. The van der Waals surface area contributed by atoms with Gasteiger partial charge in [0.25, 0.3) is 0 Å². The average Bonchev–Trinajstić information content (AvgIpc) is 2.38. The van der Waals surface area contributed by atoms with Gasteiger partial charge >= 0.3 is 7.12 Å². The summed E-state index contributed by atoms with van der Waals surface area (Å²) < 4.78 is 5.56. The van der Waals surface area contributed by atoms with Gasteiger partial charge < -0.3 is 14.8 Å². The molecule has 0 unspecified atom stereocenters. The molecule has 2 aromatic carbocycles. The molecule has 0 bridgehead atoms. The Morgan fingerprint density at radius 3 is 2.33 bits per heavy atom. The van der Waals surface area contributed by atoms with Crippen LogP contribution in [0.4, 0.5) is 0 Å². The van der Waals surface area contributed by atoms with E-state index >= 15 is 0 Å². The van der Waals surface area contributed by atoms with Crippen molar-refractivity contribution in [1.29, 1.82) is 0 Å². The van der Waals surface area contributed by atoms with Crippen molar-refractivity contribution in [3.8, 4) is 5.75 Å². The molecular weight excluding hydrogens is 227 g/mol. The molecule has 0 aliphatic heterocycles. The highest BCUT2D eigenvalue weighted by Crippen LogP contribution is 2.10. The molecule has 18 heavy (non-hydrogen) atoms. The van der Waals surface area contributed by atoms with Gasteiger partial charge in [0.05, 0.1) is 0 Å². The fraction of sp³-hybridized carbons (Fsp3) is 0.143. The zero-order valence-corrected chi connectivity index (χ0v) is 9.28. The van der Waals surface area contributed by atoms with E-state index < -0.39 is 7.12 Å². The molecule has 0 saturated carbocycles. The van der Waals surface area contributed by atoms with E-state index in [1.807, 2.05) is 30.3 Å². The molecule has 0 heterocycles. The van der Waals surface area contributed by atoms with Gasteiger partial charge in [-0.3, -0.25) is 0 Å². The minimum Gasteiger partial charge on any atom is -0.489 e. The highest BCUT2D eigenvalue weighted by Gasteiger charge is 2.10. The van der Waals surface area contributed by atoms with E-state index in [1.165, 1.54) is 0 Å². The summed E-state index contributed by atoms with van der Waals surface area (Å²) in [5.41, 5.74) is 1.50. The Kier molecular flexibility index (Phi) is 5.43. The number of ether oxygens (including phenoxy) is 1. The van der Waals surface area contributed by atoms with E-state index in [-0.39, 0.29) is 7.43 Å². The summed E-state index contributed by atoms with van der Waals surface area (Å²) in [5.74, 6) is 0.624. The number of hydrogen-bond acceptors (Lipinski definition) is 3. The van der Waals surface area contributed by atoms with Crippen LogP contribution in [-0.4, -0.2) is 17.2 Å². The lowest BCUT2D eigenvalue weighted by atomic mass is 9.80. The number of hydrogen-bond donors (Lipinski definition) is 2. The van der Waals surface area contributed by atoms with Crippen molar-refractivity contribution in [2.24, 2.45) is 0 Å². The third-order valence-corrected chi connectivity index (χ3v) is 2.40. The van der Waals surface area contributed by atoms with Crippen LogP contribution in [-0.2, 0) is 6.61 Å². The molecule has 0 aliphatic carbocycles. The van der Waals surface area contributed by atoms with Gasteiger partial charge in [-0.25, -0.2) is 0 Å². The van der Waals surface area contributed by atoms with Crippen LogP contribution in [0.25, 0.3) is 0 Å². The first-order valence-electron chi connectivity index (χ1n) is 5.38. The summed E-state index contributed by atoms with van der Waals surface area (Å²) in [5, 5.41) is 18.1. The van der Waals surface area contributed by atoms with Gasteiger partial charge in [-0.05, 0) is 23.2 Å². The lowest BCUT2D eigenvalue weighted by molar-refractivity contribution is 0.306. The highest BCUT2D eigenvalue weighted by molar-refractivity contribution is 6.58.